The SMILES string of the molecule is Fc1cc(Cl)ccc1CN=C1Nc2ccccc2NC12CCSCC2. The molecule has 25 heavy (non-hydrogen) atoms. The standard InChI is InChI=1S/C19H19ClFN3S/c20-14-6-5-13(15(21)11-14)12-22-18-19(7-9-25-10-8-19)24-17-4-2-1-3-16(17)23-18/h1-6,11,24H,7-10,12H2,(H,22,23). The second kappa shape index (κ2) is 6.89. The maximum absolute atomic E-state index is 14.1. The highest BCUT2D eigenvalue weighted by molar-refractivity contribution is 7.99. The number of para-hydroxylation sites is 2. The predicted molar refractivity (Wildman–Crippen MR) is 106 cm³/mol. The molecule has 130 valence electrons. The van der Waals surface area contributed by atoms with Crippen molar-refractivity contribution >= 4 is 40.6 Å². The molecule has 0 aliphatic carbocycles. The maximum Gasteiger partial charge on any atom is 0.129 e. The summed E-state index contributed by atoms with van der Waals surface area (Å²) in [6, 6.07) is 12.9. The molecule has 0 amide bonds. The molecule has 0 aromatic heterocycles. The highest BCUT2D eigenvalue weighted by Crippen LogP contribution is 2.38. The Bertz CT molecular complexity index is 818. The van der Waals surface area contributed by atoms with Crippen molar-refractivity contribution in [1.29, 1.82) is 0 Å². The lowest BCUT2D eigenvalue weighted by atomic mass is 9.87. The van der Waals surface area contributed by atoms with Crippen LogP contribution in [0.5, 0.6) is 0 Å². The summed E-state index contributed by atoms with van der Waals surface area (Å²) in [5.41, 5.74) is 2.48. The van der Waals surface area contributed by atoms with Gasteiger partial charge in [-0.3, -0.25) is 4.99 Å². The van der Waals surface area contributed by atoms with E-state index in [2.05, 4.69) is 16.7 Å². The van der Waals surface area contributed by atoms with Gasteiger partial charge >= 0.3 is 0 Å². The van der Waals surface area contributed by atoms with Crippen LogP contribution in [0.1, 0.15) is 18.4 Å². The summed E-state index contributed by atoms with van der Waals surface area (Å²) in [4.78, 5) is 4.77. The minimum Gasteiger partial charge on any atom is -0.371 e. The van der Waals surface area contributed by atoms with Gasteiger partial charge < -0.3 is 10.6 Å². The number of hydrogen-bond donors (Lipinski definition) is 2. The molecule has 2 aromatic carbocycles. The van der Waals surface area contributed by atoms with E-state index in [1.807, 2.05) is 30.0 Å². The van der Waals surface area contributed by atoms with E-state index in [9.17, 15) is 4.39 Å². The Balaban J connectivity index is 1.67. The van der Waals surface area contributed by atoms with Gasteiger partial charge in [0.1, 0.15) is 11.7 Å². The molecule has 0 atom stereocenters. The van der Waals surface area contributed by atoms with E-state index in [-0.39, 0.29) is 11.4 Å². The Morgan fingerprint density at radius 2 is 1.88 bits per heavy atom. The van der Waals surface area contributed by atoms with Crippen LogP contribution in [-0.2, 0) is 6.54 Å². The van der Waals surface area contributed by atoms with E-state index in [4.69, 9.17) is 16.6 Å². The Morgan fingerprint density at radius 3 is 2.64 bits per heavy atom. The number of hydrogen-bond acceptors (Lipinski definition) is 3. The number of fused-ring (bicyclic) bond motifs is 1. The molecular formula is C19H19ClFN3S. The first-order chi connectivity index (χ1) is 12.2. The zero-order chi connectivity index (χ0) is 17.3. The van der Waals surface area contributed by atoms with Crippen molar-refractivity contribution in [2.24, 2.45) is 4.99 Å². The molecule has 2 aliphatic heterocycles. The van der Waals surface area contributed by atoms with Crippen molar-refractivity contribution in [3.05, 3.63) is 58.9 Å². The third-order valence-corrected chi connectivity index (χ3v) is 6.00. The average Bonchev–Trinajstić information content (AvgIpc) is 2.62. The molecule has 0 radical (unpaired) electrons. The van der Waals surface area contributed by atoms with Gasteiger partial charge in [0.05, 0.1) is 23.5 Å². The summed E-state index contributed by atoms with van der Waals surface area (Å²) in [6.45, 7) is 0.296. The first kappa shape index (κ1) is 16.7. The molecule has 6 heteroatoms. The third-order valence-electron chi connectivity index (χ3n) is 4.78. The molecular weight excluding hydrogens is 357 g/mol. The van der Waals surface area contributed by atoms with Crippen LogP contribution < -0.4 is 10.6 Å². The normalized spacial score (nSPS) is 20.0. The summed E-state index contributed by atoms with van der Waals surface area (Å²) >= 11 is 7.81. The summed E-state index contributed by atoms with van der Waals surface area (Å²) in [5.74, 6) is 2.77. The molecule has 2 aliphatic rings. The second-order valence-corrected chi connectivity index (χ2v) is 8.05. The van der Waals surface area contributed by atoms with Gasteiger partial charge in [-0.1, -0.05) is 29.8 Å². The fourth-order valence-corrected chi connectivity index (χ4v) is 4.70. The summed E-state index contributed by atoms with van der Waals surface area (Å²) in [7, 11) is 0. The molecule has 1 spiro atoms. The van der Waals surface area contributed by atoms with Gasteiger partial charge in [0, 0.05) is 10.6 Å². The zero-order valence-corrected chi connectivity index (χ0v) is 15.3. The number of benzene rings is 2. The van der Waals surface area contributed by atoms with Gasteiger partial charge in [0.25, 0.3) is 0 Å². The van der Waals surface area contributed by atoms with Crippen molar-refractivity contribution in [3.8, 4) is 0 Å². The number of amidine groups is 1. The number of nitrogens with one attached hydrogen (secondary N) is 2. The Labute approximate surface area is 156 Å². The molecule has 3 nitrogen and oxygen atoms in total. The quantitative estimate of drug-likeness (QED) is 0.759. The molecule has 4 rings (SSSR count). The van der Waals surface area contributed by atoms with E-state index >= 15 is 0 Å². The number of thioether (sulfide) groups is 1. The zero-order valence-electron chi connectivity index (χ0n) is 13.7. The highest BCUT2D eigenvalue weighted by Gasteiger charge is 2.40. The Hall–Kier alpha value is -1.72. The lowest BCUT2D eigenvalue weighted by molar-refractivity contribution is 0.558. The minimum absolute atomic E-state index is 0.192. The first-order valence-electron chi connectivity index (χ1n) is 8.37. The lowest BCUT2D eigenvalue weighted by Crippen LogP contribution is -2.54. The van der Waals surface area contributed by atoms with Crippen molar-refractivity contribution in [3.63, 3.8) is 0 Å². The summed E-state index contributed by atoms with van der Waals surface area (Å²) in [5, 5.41) is 7.59. The van der Waals surface area contributed by atoms with Crippen LogP contribution in [0.3, 0.4) is 0 Å². The van der Waals surface area contributed by atoms with E-state index in [0.717, 1.165) is 41.6 Å². The predicted octanol–water partition coefficient (Wildman–Crippen LogP) is 5.18. The number of nitrogens with zero attached hydrogens (tertiary/aromatic N) is 1. The molecule has 2 N–H and O–H groups in total. The van der Waals surface area contributed by atoms with Crippen LogP contribution >= 0.6 is 23.4 Å². The lowest BCUT2D eigenvalue weighted by Gasteiger charge is -2.43. The van der Waals surface area contributed by atoms with Crippen LogP contribution in [0.4, 0.5) is 15.8 Å². The van der Waals surface area contributed by atoms with Crippen molar-refractivity contribution < 1.29 is 4.39 Å². The van der Waals surface area contributed by atoms with Crippen LogP contribution in [-0.4, -0.2) is 22.9 Å². The monoisotopic (exact) mass is 375 g/mol. The van der Waals surface area contributed by atoms with Crippen molar-refractivity contribution in [2.45, 2.75) is 24.9 Å². The van der Waals surface area contributed by atoms with Crippen LogP contribution in [0.2, 0.25) is 5.02 Å². The second-order valence-electron chi connectivity index (χ2n) is 6.39. The number of rotatable bonds is 2. The summed E-state index contributed by atoms with van der Waals surface area (Å²) in [6.07, 6.45) is 2.00. The fourth-order valence-electron chi connectivity index (χ4n) is 3.35. The van der Waals surface area contributed by atoms with E-state index < -0.39 is 0 Å². The summed E-state index contributed by atoms with van der Waals surface area (Å²) < 4.78 is 14.1. The van der Waals surface area contributed by atoms with Crippen molar-refractivity contribution in [1.82, 2.24) is 0 Å². The largest absolute Gasteiger partial charge is 0.371 e. The van der Waals surface area contributed by atoms with E-state index in [1.165, 1.54) is 6.07 Å². The molecule has 1 saturated heterocycles. The number of aliphatic imine (C=N–C) groups is 1. The van der Waals surface area contributed by atoms with Gasteiger partial charge in [-0.15, -0.1) is 0 Å². The maximum atomic E-state index is 14.1. The molecule has 0 unspecified atom stereocenters. The highest BCUT2D eigenvalue weighted by atomic mass is 35.5. The minimum atomic E-state index is -0.311. The fraction of sp³-hybridized carbons (Fsp3) is 0.316. The van der Waals surface area contributed by atoms with Gasteiger partial charge in [-0.25, -0.2) is 4.39 Å². The van der Waals surface area contributed by atoms with Crippen LogP contribution in [0.25, 0.3) is 0 Å². The van der Waals surface area contributed by atoms with E-state index in [1.54, 1.807) is 12.1 Å². The first-order valence-corrected chi connectivity index (χ1v) is 9.90. The van der Waals surface area contributed by atoms with E-state index in [0.29, 0.717) is 17.1 Å². The topological polar surface area (TPSA) is 36.4 Å². The van der Waals surface area contributed by atoms with Crippen LogP contribution in [0, 0.1) is 5.82 Å². The Kier molecular flexibility index (Phi) is 4.61. The molecule has 1 fully saturated rings. The number of anilines is 2. The smallest absolute Gasteiger partial charge is 0.129 e. The molecule has 2 aromatic rings. The van der Waals surface area contributed by atoms with Gasteiger partial charge in [-0.2, -0.15) is 11.8 Å². The van der Waals surface area contributed by atoms with Gasteiger partial charge in [0.2, 0.25) is 0 Å². The average molecular weight is 376 g/mol. The molecule has 2 heterocycles. The van der Waals surface area contributed by atoms with Crippen LogP contribution in [0.15, 0.2) is 47.5 Å². The van der Waals surface area contributed by atoms with Crippen molar-refractivity contribution in [2.75, 3.05) is 22.1 Å². The number of halogens is 2. The molecule has 0 bridgehead atoms. The molecule has 0 saturated carbocycles. The third kappa shape index (κ3) is 3.35. The van der Waals surface area contributed by atoms with Gasteiger partial charge in [-0.05, 0) is 48.6 Å². The van der Waals surface area contributed by atoms with Gasteiger partial charge in [0.15, 0.2) is 0 Å². The Morgan fingerprint density at radius 1 is 1.12 bits per heavy atom.